The van der Waals surface area contributed by atoms with E-state index in [-0.39, 0.29) is 11.8 Å². The van der Waals surface area contributed by atoms with Gasteiger partial charge >= 0.3 is 0 Å². The molecule has 2 rings (SSSR count). The van der Waals surface area contributed by atoms with Crippen molar-refractivity contribution in [3.8, 4) is 5.75 Å². The van der Waals surface area contributed by atoms with Gasteiger partial charge in [0.05, 0.1) is 12.3 Å². The molecule has 5 heteroatoms. The normalized spacial score (nSPS) is 10.9. The molecule has 0 unspecified atom stereocenters. The average molecular weight is 354 g/mol. The fourth-order valence-electron chi connectivity index (χ4n) is 2.42. The maximum atomic E-state index is 12.6. The van der Waals surface area contributed by atoms with Crippen LogP contribution in [0.1, 0.15) is 26.3 Å². The van der Waals surface area contributed by atoms with Crippen LogP contribution in [-0.2, 0) is 16.0 Å². The standard InChI is InChI=1S/C21H26N2O3/c1-4-26-18-13-9-8-12-17(18)23-20(25)21(2,3)19(24)22-15-14-16-10-6-5-7-11-16/h5-13H,4,14-15H2,1-3H3,(H,22,24)(H,23,25). The molecule has 0 atom stereocenters. The van der Waals surface area contributed by atoms with Crippen molar-refractivity contribution in [3.63, 3.8) is 0 Å². The molecule has 138 valence electrons. The number of hydrogen-bond acceptors (Lipinski definition) is 3. The number of hydrogen-bond donors (Lipinski definition) is 2. The summed E-state index contributed by atoms with van der Waals surface area (Å²) in [5.41, 5.74) is 0.501. The Morgan fingerprint density at radius 2 is 1.62 bits per heavy atom. The molecule has 0 heterocycles. The van der Waals surface area contributed by atoms with E-state index in [1.165, 1.54) is 0 Å². The van der Waals surface area contributed by atoms with E-state index in [0.29, 0.717) is 24.6 Å². The minimum Gasteiger partial charge on any atom is -0.492 e. The highest BCUT2D eigenvalue weighted by Crippen LogP contribution is 2.26. The second kappa shape index (κ2) is 9.04. The van der Waals surface area contributed by atoms with Crippen LogP contribution in [0.4, 0.5) is 5.69 Å². The van der Waals surface area contributed by atoms with Crippen molar-refractivity contribution < 1.29 is 14.3 Å². The van der Waals surface area contributed by atoms with E-state index in [9.17, 15) is 9.59 Å². The van der Waals surface area contributed by atoms with Gasteiger partial charge in [-0.1, -0.05) is 42.5 Å². The van der Waals surface area contributed by atoms with Crippen LogP contribution in [-0.4, -0.2) is 25.0 Å². The molecular weight excluding hydrogens is 328 g/mol. The molecule has 0 aliphatic heterocycles. The van der Waals surface area contributed by atoms with E-state index in [4.69, 9.17) is 4.74 Å². The largest absolute Gasteiger partial charge is 0.492 e. The highest BCUT2D eigenvalue weighted by molar-refractivity contribution is 6.10. The summed E-state index contributed by atoms with van der Waals surface area (Å²) in [5, 5.41) is 5.65. The second-order valence-corrected chi connectivity index (χ2v) is 6.50. The van der Waals surface area contributed by atoms with Crippen LogP contribution in [0, 0.1) is 5.41 Å². The van der Waals surface area contributed by atoms with Crippen LogP contribution in [0.5, 0.6) is 5.75 Å². The number of carbonyl (C=O) groups is 2. The van der Waals surface area contributed by atoms with Gasteiger partial charge in [0, 0.05) is 6.54 Å². The first-order chi connectivity index (χ1) is 12.4. The van der Waals surface area contributed by atoms with E-state index in [0.717, 1.165) is 12.0 Å². The number of rotatable bonds is 8. The zero-order chi connectivity index (χ0) is 19.0. The summed E-state index contributed by atoms with van der Waals surface area (Å²) in [6, 6.07) is 17.1. The lowest BCUT2D eigenvalue weighted by Crippen LogP contribution is -2.45. The Morgan fingerprint density at radius 3 is 2.31 bits per heavy atom. The van der Waals surface area contributed by atoms with Gasteiger partial charge in [-0.25, -0.2) is 0 Å². The smallest absolute Gasteiger partial charge is 0.239 e. The Morgan fingerprint density at radius 1 is 0.962 bits per heavy atom. The van der Waals surface area contributed by atoms with E-state index < -0.39 is 5.41 Å². The van der Waals surface area contributed by atoms with Crippen molar-refractivity contribution in [2.24, 2.45) is 5.41 Å². The number of nitrogens with one attached hydrogen (secondary N) is 2. The van der Waals surface area contributed by atoms with Crippen molar-refractivity contribution in [2.45, 2.75) is 27.2 Å². The minimum atomic E-state index is -1.20. The quantitative estimate of drug-likeness (QED) is 0.714. The summed E-state index contributed by atoms with van der Waals surface area (Å²) in [5.74, 6) is -0.0923. The summed E-state index contributed by atoms with van der Waals surface area (Å²) in [4.78, 5) is 25.1. The van der Waals surface area contributed by atoms with Crippen LogP contribution in [0.25, 0.3) is 0 Å². The van der Waals surface area contributed by atoms with Gasteiger partial charge in [0.15, 0.2) is 0 Å². The molecule has 0 aliphatic rings. The predicted octanol–water partition coefficient (Wildman–Crippen LogP) is 3.41. The van der Waals surface area contributed by atoms with E-state index >= 15 is 0 Å². The number of amides is 2. The molecule has 0 saturated heterocycles. The molecule has 2 amide bonds. The summed E-state index contributed by atoms with van der Waals surface area (Å²) in [6.07, 6.45) is 0.720. The lowest BCUT2D eigenvalue weighted by atomic mass is 9.90. The third kappa shape index (κ3) is 5.09. The van der Waals surface area contributed by atoms with Crippen molar-refractivity contribution in [1.82, 2.24) is 5.32 Å². The van der Waals surface area contributed by atoms with Crippen molar-refractivity contribution in [3.05, 3.63) is 60.2 Å². The monoisotopic (exact) mass is 354 g/mol. The molecule has 0 aromatic heterocycles. The van der Waals surface area contributed by atoms with Crippen LogP contribution in [0.2, 0.25) is 0 Å². The zero-order valence-corrected chi connectivity index (χ0v) is 15.5. The molecule has 0 fully saturated rings. The Hall–Kier alpha value is -2.82. The van der Waals surface area contributed by atoms with Crippen molar-refractivity contribution in [1.29, 1.82) is 0 Å². The predicted molar refractivity (Wildman–Crippen MR) is 103 cm³/mol. The molecule has 0 bridgehead atoms. The maximum absolute atomic E-state index is 12.6. The van der Waals surface area contributed by atoms with Crippen LogP contribution < -0.4 is 15.4 Å². The van der Waals surface area contributed by atoms with Gasteiger partial charge in [-0.2, -0.15) is 0 Å². The van der Waals surface area contributed by atoms with Gasteiger partial charge in [0.2, 0.25) is 11.8 Å². The number of anilines is 1. The second-order valence-electron chi connectivity index (χ2n) is 6.50. The van der Waals surface area contributed by atoms with Gasteiger partial charge in [0.25, 0.3) is 0 Å². The molecule has 0 aliphatic carbocycles. The third-order valence-electron chi connectivity index (χ3n) is 4.11. The summed E-state index contributed by atoms with van der Waals surface area (Å²) in [7, 11) is 0. The molecule has 5 nitrogen and oxygen atoms in total. The molecule has 0 radical (unpaired) electrons. The van der Waals surface area contributed by atoms with E-state index in [2.05, 4.69) is 10.6 Å². The first-order valence-electron chi connectivity index (χ1n) is 8.80. The number of carbonyl (C=O) groups excluding carboxylic acids is 2. The topological polar surface area (TPSA) is 67.4 Å². The molecule has 2 aromatic carbocycles. The molecule has 0 saturated carbocycles. The van der Waals surface area contributed by atoms with Gasteiger partial charge in [-0.05, 0) is 44.9 Å². The van der Waals surface area contributed by atoms with Gasteiger partial charge in [-0.3, -0.25) is 9.59 Å². The Labute approximate surface area is 154 Å². The zero-order valence-electron chi connectivity index (χ0n) is 15.5. The lowest BCUT2D eigenvalue weighted by molar-refractivity contribution is -0.138. The minimum absolute atomic E-state index is 0.306. The molecule has 26 heavy (non-hydrogen) atoms. The number of benzene rings is 2. The van der Waals surface area contributed by atoms with Crippen molar-refractivity contribution >= 4 is 17.5 Å². The van der Waals surface area contributed by atoms with Crippen LogP contribution in [0.3, 0.4) is 0 Å². The van der Waals surface area contributed by atoms with Gasteiger partial charge < -0.3 is 15.4 Å². The molecule has 2 N–H and O–H groups in total. The Balaban J connectivity index is 1.95. The summed E-state index contributed by atoms with van der Waals surface area (Å²) >= 11 is 0. The fourth-order valence-corrected chi connectivity index (χ4v) is 2.42. The van der Waals surface area contributed by atoms with Crippen LogP contribution in [0.15, 0.2) is 54.6 Å². The first kappa shape index (κ1) is 19.5. The number of ether oxygens (including phenoxy) is 1. The SMILES string of the molecule is CCOc1ccccc1NC(=O)C(C)(C)C(=O)NCCc1ccccc1. The Kier molecular flexibility index (Phi) is 6.78. The molecular formula is C21H26N2O3. The van der Waals surface area contributed by atoms with Crippen LogP contribution >= 0.6 is 0 Å². The van der Waals surface area contributed by atoms with E-state index in [1.807, 2.05) is 49.4 Å². The van der Waals surface area contributed by atoms with Gasteiger partial charge in [-0.15, -0.1) is 0 Å². The van der Waals surface area contributed by atoms with Gasteiger partial charge in [0.1, 0.15) is 11.2 Å². The first-order valence-corrected chi connectivity index (χ1v) is 8.80. The fraction of sp³-hybridized carbons (Fsp3) is 0.333. The maximum Gasteiger partial charge on any atom is 0.239 e. The average Bonchev–Trinajstić information content (AvgIpc) is 2.64. The number of para-hydroxylation sites is 2. The van der Waals surface area contributed by atoms with E-state index in [1.54, 1.807) is 26.0 Å². The third-order valence-corrected chi connectivity index (χ3v) is 4.11. The van der Waals surface area contributed by atoms with Crippen molar-refractivity contribution in [2.75, 3.05) is 18.5 Å². The molecule has 2 aromatic rings. The summed E-state index contributed by atoms with van der Waals surface area (Å²) < 4.78 is 5.51. The highest BCUT2D eigenvalue weighted by atomic mass is 16.5. The molecule has 0 spiro atoms. The Bertz CT molecular complexity index is 742. The summed E-state index contributed by atoms with van der Waals surface area (Å²) in [6.45, 7) is 6.08. The highest BCUT2D eigenvalue weighted by Gasteiger charge is 2.36. The lowest BCUT2D eigenvalue weighted by Gasteiger charge is -2.23.